The average Bonchev–Trinajstić information content (AvgIpc) is 2.41. The predicted octanol–water partition coefficient (Wildman–Crippen LogP) is 1.08. The second-order valence-electron chi connectivity index (χ2n) is 5.19. The highest BCUT2D eigenvalue weighted by atomic mass is 19.1. The van der Waals surface area contributed by atoms with E-state index in [0.29, 0.717) is 0 Å². The Labute approximate surface area is 119 Å². The van der Waals surface area contributed by atoms with Crippen molar-refractivity contribution in [2.75, 3.05) is 13.1 Å². The molecule has 2 amide bonds. The van der Waals surface area contributed by atoms with Crippen molar-refractivity contribution in [2.45, 2.75) is 19.4 Å². The number of nitro groups is 1. The van der Waals surface area contributed by atoms with Crippen LogP contribution in [0.5, 0.6) is 0 Å². The first kappa shape index (κ1) is 14.9. The number of halogens is 1. The molecule has 0 radical (unpaired) electrons. The molecule has 2 rings (SSSR count). The van der Waals surface area contributed by atoms with E-state index in [1.807, 2.05) is 0 Å². The third-order valence-corrected chi connectivity index (χ3v) is 3.49. The molecule has 7 nitrogen and oxygen atoms in total. The van der Waals surface area contributed by atoms with Crippen molar-refractivity contribution in [1.29, 1.82) is 0 Å². The van der Waals surface area contributed by atoms with E-state index < -0.39 is 27.8 Å². The number of nitrogens with zero attached hydrogens (tertiary/aromatic N) is 2. The van der Waals surface area contributed by atoms with Gasteiger partial charge in [0.05, 0.1) is 10.5 Å². The molecular weight excluding hydrogens is 281 g/mol. The molecule has 0 unspecified atom stereocenters. The van der Waals surface area contributed by atoms with E-state index in [2.05, 4.69) is 5.32 Å². The lowest BCUT2D eigenvalue weighted by atomic mass is 9.97. The van der Waals surface area contributed by atoms with Gasteiger partial charge in [0.2, 0.25) is 5.91 Å². The Balaban J connectivity index is 2.42. The number of hydrogen-bond donors (Lipinski definition) is 1. The van der Waals surface area contributed by atoms with Crippen LogP contribution in [-0.2, 0) is 4.79 Å². The van der Waals surface area contributed by atoms with Gasteiger partial charge in [0.1, 0.15) is 11.4 Å². The lowest BCUT2D eigenvalue weighted by Crippen LogP contribution is -2.63. The van der Waals surface area contributed by atoms with Gasteiger partial charge >= 0.3 is 0 Å². The Kier molecular flexibility index (Phi) is 3.63. The third-order valence-electron chi connectivity index (χ3n) is 3.49. The van der Waals surface area contributed by atoms with Crippen LogP contribution in [0.4, 0.5) is 10.1 Å². The smallest absolute Gasteiger partial charge is 0.270 e. The number of benzene rings is 1. The zero-order valence-corrected chi connectivity index (χ0v) is 11.6. The van der Waals surface area contributed by atoms with Crippen molar-refractivity contribution < 1.29 is 18.9 Å². The topological polar surface area (TPSA) is 92.6 Å². The Hall–Kier alpha value is -2.51. The summed E-state index contributed by atoms with van der Waals surface area (Å²) in [7, 11) is 0. The molecule has 0 aliphatic carbocycles. The normalized spacial score (nSPS) is 17.3. The fourth-order valence-corrected chi connectivity index (χ4v) is 2.19. The molecule has 112 valence electrons. The number of rotatable bonds is 2. The summed E-state index contributed by atoms with van der Waals surface area (Å²) in [6.45, 7) is 3.54. The zero-order chi connectivity index (χ0) is 15.8. The fraction of sp³-hybridized carbons (Fsp3) is 0.385. The van der Waals surface area contributed by atoms with E-state index in [0.717, 1.165) is 18.2 Å². The minimum atomic E-state index is -1.15. The molecule has 1 aliphatic rings. The van der Waals surface area contributed by atoms with Crippen LogP contribution < -0.4 is 5.32 Å². The van der Waals surface area contributed by atoms with Gasteiger partial charge < -0.3 is 10.2 Å². The van der Waals surface area contributed by atoms with Crippen LogP contribution in [0, 0.1) is 15.9 Å². The quantitative estimate of drug-likeness (QED) is 0.653. The van der Waals surface area contributed by atoms with Crippen LogP contribution in [0.15, 0.2) is 18.2 Å². The summed E-state index contributed by atoms with van der Waals surface area (Å²) >= 11 is 0. The molecule has 0 saturated carbocycles. The lowest BCUT2D eigenvalue weighted by molar-refractivity contribution is -0.384. The van der Waals surface area contributed by atoms with Crippen LogP contribution in [0.1, 0.15) is 24.2 Å². The molecular formula is C13H14FN3O4. The number of piperazine rings is 1. The van der Waals surface area contributed by atoms with Gasteiger partial charge in [-0.25, -0.2) is 4.39 Å². The SMILES string of the molecule is CC1(C)C(=O)NCCN1C(=O)c1cc([N+](=O)[O-])ccc1F. The molecule has 1 aliphatic heterocycles. The Bertz CT molecular complexity index is 630. The summed E-state index contributed by atoms with van der Waals surface area (Å²) in [5.41, 5.74) is -1.93. The molecule has 8 heteroatoms. The molecule has 0 atom stereocenters. The number of carbonyl (C=O) groups is 2. The number of non-ortho nitro benzene ring substituents is 1. The molecule has 0 bridgehead atoms. The molecule has 0 spiro atoms. The molecule has 1 aromatic carbocycles. The van der Waals surface area contributed by atoms with Crippen molar-refractivity contribution in [3.05, 3.63) is 39.7 Å². The van der Waals surface area contributed by atoms with E-state index in [1.54, 1.807) is 0 Å². The molecule has 1 saturated heterocycles. The van der Waals surface area contributed by atoms with Crippen LogP contribution in [-0.4, -0.2) is 40.3 Å². The Morgan fingerprint density at radius 1 is 1.48 bits per heavy atom. The molecule has 1 aromatic rings. The number of nitrogens with one attached hydrogen (secondary N) is 1. The van der Waals surface area contributed by atoms with Gasteiger partial charge in [-0.2, -0.15) is 0 Å². The lowest BCUT2D eigenvalue weighted by Gasteiger charge is -2.41. The van der Waals surface area contributed by atoms with Gasteiger partial charge in [-0.05, 0) is 19.9 Å². The van der Waals surface area contributed by atoms with Crippen LogP contribution in [0.3, 0.4) is 0 Å². The summed E-state index contributed by atoms with van der Waals surface area (Å²) in [5, 5.41) is 13.4. The zero-order valence-electron chi connectivity index (χ0n) is 11.6. The minimum absolute atomic E-state index is 0.208. The monoisotopic (exact) mass is 295 g/mol. The molecule has 1 heterocycles. The second-order valence-corrected chi connectivity index (χ2v) is 5.19. The van der Waals surface area contributed by atoms with Crippen LogP contribution in [0.25, 0.3) is 0 Å². The van der Waals surface area contributed by atoms with Crippen molar-refractivity contribution in [3.63, 3.8) is 0 Å². The third kappa shape index (κ3) is 2.56. The van der Waals surface area contributed by atoms with Crippen molar-refractivity contribution >= 4 is 17.5 Å². The van der Waals surface area contributed by atoms with Crippen LogP contribution in [0.2, 0.25) is 0 Å². The second kappa shape index (κ2) is 5.12. The van der Waals surface area contributed by atoms with Gasteiger partial charge in [0.25, 0.3) is 11.6 Å². The summed E-state index contributed by atoms with van der Waals surface area (Å²) in [6, 6.07) is 2.75. The predicted molar refractivity (Wildman–Crippen MR) is 71.2 cm³/mol. The largest absolute Gasteiger partial charge is 0.352 e. The van der Waals surface area contributed by atoms with Crippen molar-refractivity contribution in [1.82, 2.24) is 10.2 Å². The maximum absolute atomic E-state index is 13.8. The van der Waals surface area contributed by atoms with Crippen molar-refractivity contribution in [2.24, 2.45) is 0 Å². The van der Waals surface area contributed by atoms with Gasteiger partial charge in [0.15, 0.2) is 0 Å². The number of nitro benzene ring substituents is 1. The minimum Gasteiger partial charge on any atom is -0.352 e. The van der Waals surface area contributed by atoms with Gasteiger partial charge in [-0.15, -0.1) is 0 Å². The summed E-state index contributed by atoms with van der Waals surface area (Å²) in [4.78, 5) is 35.5. The Morgan fingerprint density at radius 2 is 2.14 bits per heavy atom. The maximum atomic E-state index is 13.8. The van der Waals surface area contributed by atoms with Gasteiger partial charge in [0, 0.05) is 25.2 Å². The maximum Gasteiger partial charge on any atom is 0.270 e. The molecule has 1 fully saturated rings. The van der Waals surface area contributed by atoms with Gasteiger partial charge in [-0.1, -0.05) is 0 Å². The van der Waals surface area contributed by atoms with E-state index in [1.165, 1.54) is 18.7 Å². The van der Waals surface area contributed by atoms with E-state index in [-0.39, 0.29) is 24.7 Å². The van der Waals surface area contributed by atoms with Crippen LogP contribution >= 0.6 is 0 Å². The van der Waals surface area contributed by atoms with E-state index in [9.17, 15) is 24.1 Å². The standard InChI is InChI=1S/C13H14FN3O4/c1-13(2)12(19)15-5-6-16(13)11(18)9-7-8(17(20)21)3-4-10(9)14/h3-4,7H,5-6H2,1-2H3,(H,15,19). The molecule has 21 heavy (non-hydrogen) atoms. The average molecular weight is 295 g/mol. The van der Waals surface area contributed by atoms with Crippen molar-refractivity contribution in [3.8, 4) is 0 Å². The number of carbonyl (C=O) groups excluding carboxylic acids is 2. The first-order valence-electron chi connectivity index (χ1n) is 6.29. The summed E-state index contributed by atoms with van der Waals surface area (Å²) in [5.74, 6) is -1.95. The Morgan fingerprint density at radius 3 is 2.76 bits per heavy atom. The summed E-state index contributed by atoms with van der Waals surface area (Å²) in [6.07, 6.45) is 0. The first-order valence-corrected chi connectivity index (χ1v) is 6.29. The molecule has 0 aromatic heterocycles. The van der Waals surface area contributed by atoms with Gasteiger partial charge in [-0.3, -0.25) is 19.7 Å². The first-order chi connectivity index (χ1) is 9.75. The highest BCUT2D eigenvalue weighted by molar-refractivity contribution is 6.00. The van der Waals surface area contributed by atoms with E-state index in [4.69, 9.17) is 0 Å². The highest BCUT2D eigenvalue weighted by Crippen LogP contribution is 2.24. The summed E-state index contributed by atoms with van der Waals surface area (Å²) < 4.78 is 13.8. The van der Waals surface area contributed by atoms with E-state index >= 15 is 0 Å². The number of amides is 2. The highest BCUT2D eigenvalue weighted by Gasteiger charge is 2.41. The fourth-order valence-electron chi connectivity index (χ4n) is 2.19. The molecule has 1 N–H and O–H groups in total. The number of hydrogen-bond acceptors (Lipinski definition) is 4.